The van der Waals surface area contributed by atoms with Gasteiger partial charge in [0.05, 0.1) is 26.4 Å². The third-order valence-electron chi connectivity index (χ3n) is 5.04. The van der Waals surface area contributed by atoms with Crippen LogP contribution in [0.1, 0.15) is 25.8 Å². The highest BCUT2D eigenvalue weighted by molar-refractivity contribution is 5.91. The van der Waals surface area contributed by atoms with Crippen molar-refractivity contribution in [3.63, 3.8) is 0 Å². The molecule has 1 aromatic carbocycles. The van der Waals surface area contributed by atoms with Crippen LogP contribution in [0, 0.1) is 5.92 Å². The van der Waals surface area contributed by atoms with Crippen LogP contribution >= 0.6 is 0 Å². The lowest BCUT2D eigenvalue weighted by molar-refractivity contribution is -0.153. The smallest absolute Gasteiger partial charge is 0.345 e. The molecular formula is C23H33F2N3O6. The van der Waals surface area contributed by atoms with Gasteiger partial charge < -0.3 is 24.8 Å². The Balaban J connectivity index is 1.99. The standard InChI is InChI=1S/C23H33F2N3O6/c1-16(2)12-18(22(31)33-14-17-6-4-3-5-7-17)27-21(30)19(15-34-23(24)25)26-20(29)13-28-8-10-32-11-9-28/h3-7,16,18-19,23H,8-15H2,1-2H3,(H,26,29)(H,27,30)/t18-,19-/m0/s1. The molecule has 0 saturated carbocycles. The van der Waals surface area contributed by atoms with E-state index in [1.807, 2.05) is 36.9 Å². The number of amides is 2. The zero-order valence-corrected chi connectivity index (χ0v) is 19.5. The number of ether oxygens (including phenoxy) is 3. The molecule has 0 aliphatic carbocycles. The maximum Gasteiger partial charge on any atom is 0.345 e. The first-order valence-electron chi connectivity index (χ1n) is 11.2. The van der Waals surface area contributed by atoms with Crippen molar-refractivity contribution in [2.45, 2.75) is 45.6 Å². The predicted molar refractivity (Wildman–Crippen MR) is 119 cm³/mol. The fourth-order valence-corrected chi connectivity index (χ4v) is 3.34. The van der Waals surface area contributed by atoms with Gasteiger partial charge in [-0.05, 0) is 17.9 Å². The Morgan fingerprint density at radius 2 is 1.74 bits per heavy atom. The first-order valence-corrected chi connectivity index (χ1v) is 11.2. The zero-order valence-electron chi connectivity index (χ0n) is 19.5. The molecule has 0 bridgehead atoms. The van der Waals surface area contributed by atoms with E-state index in [9.17, 15) is 23.2 Å². The fraction of sp³-hybridized carbons (Fsp3) is 0.609. The fourth-order valence-electron chi connectivity index (χ4n) is 3.34. The number of hydrogen-bond donors (Lipinski definition) is 2. The summed E-state index contributed by atoms with van der Waals surface area (Å²) in [6.07, 6.45) is 0.267. The first-order chi connectivity index (χ1) is 16.2. The summed E-state index contributed by atoms with van der Waals surface area (Å²) in [6, 6.07) is 6.63. The lowest BCUT2D eigenvalue weighted by Gasteiger charge is -2.27. The molecule has 0 radical (unpaired) electrons. The topological polar surface area (TPSA) is 106 Å². The molecule has 0 aromatic heterocycles. The van der Waals surface area contributed by atoms with Gasteiger partial charge in [-0.2, -0.15) is 8.78 Å². The van der Waals surface area contributed by atoms with Crippen molar-refractivity contribution in [1.82, 2.24) is 15.5 Å². The van der Waals surface area contributed by atoms with Gasteiger partial charge in [0, 0.05) is 13.1 Å². The van der Waals surface area contributed by atoms with E-state index in [0.29, 0.717) is 26.3 Å². The second-order valence-electron chi connectivity index (χ2n) is 8.39. The van der Waals surface area contributed by atoms with Crippen molar-refractivity contribution < 1.29 is 37.4 Å². The number of nitrogens with one attached hydrogen (secondary N) is 2. The monoisotopic (exact) mass is 485 g/mol. The molecule has 1 heterocycles. The summed E-state index contributed by atoms with van der Waals surface area (Å²) in [4.78, 5) is 39.8. The molecule has 34 heavy (non-hydrogen) atoms. The minimum atomic E-state index is -3.12. The molecule has 2 N–H and O–H groups in total. The van der Waals surface area contributed by atoms with Crippen molar-refractivity contribution in [3.8, 4) is 0 Å². The van der Waals surface area contributed by atoms with Crippen molar-refractivity contribution in [1.29, 1.82) is 0 Å². The van der Waals surface area contributed by atoms with Gasteiger partial charge in [0.2, 0.25) is 11.8 Å². The van der Waals surface area contributed by atoms with E-state index < -0.39 is 43.1 Å². The van der Waals surface area contributed by atoms with E-state index in [0.717, 1.165) is 5.56 Å². The molecule has 1 aliphatic rings. The summed E-state index contributed by atoms with van der Waals surface area (Å²) in [7, 11) is 0. The number of rotatable bonds is 13. The molecule has 1 aromatic rings. The second kappa shape index (κ2) is 14.6. The number of hydrogen-bond acceptors (Lipinski definition) is 7. The average Bonchev–Trinajstić information content (AvgIpc) is 2.80. The van der Waals surface area contributed by atoms with Gasteiger partial charge in [-0.1, -0.05) is 44.2 Å². The van der Waals surface area contributed by atoms with Gasteiger partial charge in [0.25, 0.3) is 0 Å². The van der Waals surface area contributed by atoms with E-state index in [4.69, 9.17) is 9.47 Å². The molecule has 9 nitrogen and oxygen atoms in total. The van der Waals surface area contributed by atoms with Crippen LogP contribution in [0.15, 0.2) is 30.3 Å². The Kier molecular flexibility index (Phi) is 11.9. The minimum Gasteiger partial charge on any atom is -0.459 e. The molecule has 0 unspecified atom stereocenters. The van der Waals surface area contributed by atoms with E-state index in [1.165, 1.54) is 0 Å². The quantitative estimate of drug-likeness (QED) is 0.406. The summed E-state index contributed by atoms with van der Waals surface area (Å²) in [5.74, 6) is -1.95. The van der Waals surface area contributed by atoms with Crippen molar-refractivity contribution in [2.24, 2.45) is 5.92 Å². The Morgan fingerprint density at radius 1 is 1.06 bits per heavy atom. The van der Waals surface area contributed by atoms with Gasteiger partial charge in [-0.25, -0.2) is 4.79 Å². The number of nitrogens with zero attached hydrogens (tertiary/aromatic N) is 1. The van der Waals surface area contributed by atoms with E-state index in [2.05, 4.69) is 15.4 Å². The second-order valence-corrected chi connectivity index (χ2v) is 8.39. The molecule has 2 atom stereocenters. The highest BCUT2D eigenvalue weighted by Crippen LogP contribution is 2.10. The summed E-state index contributed by atoms with van der Waals surface area (Å²) in [5.41, 5.74) is 0.782. The Labute approximate surface area is 198 Å². The molecule has 0 spiro atoms. The Morgan fingerprint density at radius 3 is 2.35 bits per heavy atom. The van der Waals surface area contributed by atoms with Crippen LogP contribution in [0.3, 0.4) is 0 Å². The number of halogens is 2. The number of carbonyl (C=O) groups excluding carboxylic acids is 3. The van der Waals surface area contributed by atoms with Crippen LogP contribution < -0.4 is 10.6 Å². The molecule has 2 rings (SSSR count). The molecule has 1 fully saturated rings. The van der Waals surface area contributed by atoms with Gasteiger partial charge >= 0.3 is 12.6 Å². The molecule has 11 heteroatoms. The lowest BCUT2D eigenvalue weighted by atomic mass is 10.0. The van der Waals surface area contributed by atoms with Crippen LogP contribution in [0.5, 0.6) is 0 Å². The van der Waals surface area contributed by atoms with E-state index in [-0.39, 0.29) is 25.5 Å². The van der Waals surface area contributed by atoms with E-state index >= 15 is 0 Å². The summed E-state index contributed by atoms with van der Waals surface area (Å²) >= 11 is 0. The number of morpholine rings is 1. The molecule has 1 saturated heterocycles. The maximum absolute atomic E-state index is 12.9. The summed E-state index contributed by atoms with van der Waals surface area (Å²) in [6.45, 7) is 1.93. The van der Waals surface area contributed by atoms with E-state index in [1.54, 1.807) is 12.1 Å². The summed E-state index contributed by atoms with van der Waals surface area (Å²) < 4.78 is 40.1. The third-order valence-corrected chi connectivity index (χ3v) is 5.04. The highest BCUT2D eigenvalue weighted by Gasteiger charge is 2.29. The predicted octanol–water partition coefficient (Wildman–Crippen LogP) is 1.32. The van der Waals surface area contributed by atoms with Crippen LogP contribution in [0.25, 0.3) is 0 Å². The van der Waals surface area contributed by atoms with Crippen molar-refractivity contribution >= 4 is 17.8 Å². The Hall–Kier alpha value is -2.63. The number of alkyl halides is 2. The number of benzene rings is 1. The first kappa shape index (κ1) is 27.6. The van der Waals surface area contributed by atoms with Crippen molar-refractivity contribution in [3.05, 3.63) is 35.9 Å². The van der Waals surface area contributed by atoms with Gasteiger partial charge in [0.15, 0.2) is 0 Å². The molecule has 1 aliphatic heterocycles. The van der Waals surface area contributed by atoms with Crippen LogP contribution in [-0.4, -0.2) is 80.8 Å². The van der Waals surface area contributed by atoms with Gasteiger partial charge in [0.1, 0.15) is 18.7 Å². The lowest BCUT2D eigenvalue weighted by Crippen LogP contribution is -2.55. The number of esters is 1. The van der Waals surface area contributed by atoms with Gasteiger partial charge in [-0.3, -0.25) is 14.5 Å². The highest BCUT2D eigenvalue weighted by atomic mass is 19.3. The SMILES string of the molecule is CC(C)C[C@H](NC(=O)[C@H](COC(F)F)NC(=O)CN1CCOCC1)C(=O)OCc1ccccc1. The van der Waals surface area contributed by atoms with Gasteiger partial charge in [-0.15, -0.1) is 0 Å². The van der Waals surface area contributed by atoms with Crippen molar-refractivity contribution in [2.75, 3.05) is 39.5 Å². The average molecular weight is 486 g/mol. The van der Waals surface area contributed by atoms with Crippen LogP contribution in [-0.2, 0) is 35.2 Å². The van der Waals surface area contributed by atoms with Crippen LogP contribution in [0.4, 0.5) is 8.78 Å². The Bertz CT molecular complexity index is 775. The molecular weight excluding hydrogens is 452 g/mol. The summed E-state index contributed by atoms with van der Waals surface area (Å²) in [5, 5.41) is 4.96. The minimum absolute atomic E-state index is 0.0175. The normalized spacial score (nSPS) is 16.2. The number of carbonyl (C=O) groups is 3. The zero-order chi connectivity index (χ0) is 24.9. The third kappa shape index (κ3) is 10.5. The largest absolute Gasteiger partial charge is 0.459 e. The molecule has 2 amide bonds. The molecule has 190 valence electrons. The van der Waals surface area contributed by atoms with Crippen LogP contribution in [0.2, 0.25) is 0 Å². The maximum atomic E-state index is 12.9.